The van der Waals surface area contributed by atoms with Crippen LogP contribution in [-0.4, -0.2) is 56.3 Å². The van der Waals surface area contributed by atoms with Crippen molar-refractivity contribution in [1.29, 1.82) is 0 Å². The second kappa shape index (κ2) is 13.3. The first kappa shape index (κ1) is 26.9. The number of carboxylic acids is 2. The number of carboxylic acid groups (broad SMARTS) is 2. The van der Waals surface area contributed by atoms with Gasteiger partial charge in [-0.15, -0.1) is 0 Å². The van der Waals surface area contributed by atoms with E-state index in [4.69, 9.17) is 30.4 Å². The fourth-order valence-corrected chi connectivity index (χ4v) is 2.84. The molecule has 1 aromatic heterocycles. The van der Waals surface area contributed by atoms with E-state index in [1.165, 1.54) is 11.3 Å². The van der Waals surface area contributed by atoms with Crippen molar-refractivity contribution in [3.8, 4) is 0 Å². The van der Waals surface area contributed by atoms with E-state index in [0.717, 1.165) is 37.1 Å². The summed E-state index contributed by atoms with van der Waals surface area (Å²) < 4.78 is 2.11. The molecule has 0 aliphatic heterocycles. The number of aliphatic carboxylic acids is 2. The Morgan fingerprint density at radius 1 is 1.09 bits per heavy atom. The SMILES string of the molecule is C/C(=N/OCCCc1ccccc1)c1ccc(CC[C@@](C)(N)CO)n1C.O=C(O)C(=O)O. The van der Waals surface area contributed by atoms with Gasteiger partial charge in [0, 0.05) is 18.3 Å². The van der Waals surface area contributed by atoms with E-state index >= 15 is 0 Å². The number of aliphatic hydroxyl groups is 1. The highest BCUT2D eigenvalue weighted by molar-refractivity contribution is 6.27. The topological polar surface area (TPSA) is 147 Å². The molecule has 9 heteroatoms. The predicted molar refractivity (Wildman–Crippen MR) is 122 cm³/mol. The van der Waals surface area contributed by atoms with Gasteiger partial charge in [-0.3, -0.25) is 0 Å². The lowest BCUT2D eigenvalue weighted by Gasteiger charge is -2.21. The molecule has 9 nitrogen and oxygen atoms in total. The molecule has 0 saturated heterocycles. The number of aryl methyl sites for hydroxylation is 2. The molecule has 0 aliphatic rings. The van der Waals surface area contributed by atoms with Crippen LogP contribution in [0.2, 0.25) is 0 Å². The van der Waals surface area contributed by atoms with Crippen LogP contribution in [0.15, 0.2) is 47.6 Å². The van der Waals surface area contributed by atoms with Gasteiger partial charge in [-0.1, -0.05) is 35.5 Å². The number of hydrogen-bond acceptors (Lipinski definition) is 6. The third-order valence-electron chi connectivity index (χ3n) is 4.84. The molecule has 2 rings (SSSR count). The largest absolute Gasteiger partial charge is 0.473 e. The van der Waals surface area contributed by atoms with E-state index in [9.17, 15) is 5.11 Å². The van der Waals surface area contributed by atoms with Gasteiger partial charge in [0.1, 0.15) is 12.3 Å². The van der Waals surface area contributed by atoms with Crippen LogP contribution in [0.3, 0.4) is 0 Å². The highest BCUT2D eigenvalue weighted by Gasteiger charge is 2.18. The zero-order valence-corrected chi connectivity index (χ0v) is 18.8. The van der Waals surface area contributed by atoms with Crippen LogP contribution in [0.1, 0.15) is 43.6 Å². The fourth-order valence-electron chi connectivity index (χ4n) is 2.84. The van der Waals surface area contributed by atoms with Crippen molar-refractivity contribution in [2.75, 3.05) is 13.2 Å². The first-order chi connectivity index (χ1) is 15.1. The van der Waals surface area contributed by atoms with Crippen molar-refractivity contribution in [2.24, 2.45) is 17.9 Å². The van der Waals surface area contributed by atoms with Gasteiger partial charge in [-0.25, -0.2) is 9.59 Å². The average Bonchev–Trinajstić information content (AvgIpc) is 3.13. The Labute approximate surface area is 188 Å². The molecule has 1 aromatic carbocycles. The van der Waals surface area contributed by atoms with Gasteiger partial charge in [0.05, 0.1) is 12.3 Å². The molecule has 0 unspecified atom stereocenters. The molecule has 0 fully saturated rings. The minimum Gasteiger partial charge on any atom is -0.473 e. The first-order valence-corrected chi connectivity index (χ1v) is 10.3. The average molecular weight is 448 g/mol. The third-order valence-corrected chi connectivity index (χ3v) is 4.84. The molecule has 0 aliphatic carbocycles. The maximum atomic E-state index is 9.28. The Morgan fingerprint density at radius 2 is 1.72 bits per heavy atom. The molecule has 32 heavy (non-hydrogen) atoms. The maximum Gasteiger partial charge on any atom is 0.414 e. The van der Waals surface area contributed by atoms with Crippen LogP contribution >= 0.6 is 0 Å². The molecule has 2 aromatic rings. The Balaban J connectivity index is 0.000000751. The highest BCUT2D eigenvalue weighted by atomic mass is 16.6. The van der Waals surface area contributed by atoms with Crippen molar-refractivity contribution in [3.63, 3.8) is 0 Å². The molecule has 176 valence electrons. The fraction of sp³-hybridized carbons (Fsp3) is 0.435. The monoisotopic (exact) mass is 447 g/mol. The van der Waals surface area contributed by atoms with Crippen molar-refractivity contribution >= 4 is 17.7 Å². The number of oxime groups is 1. The summed E-state index contributed by atoms with van der Waals surface area (Å²) in [5.41, 5.74) is 9.85. The van der Waals surface area contributed by atoms with Crippen LogP contribution in [0.25, 0.3) is 0 Å². The number of benzene rings is 1. The van der Waals surface area contributed by atoms with Crippen molar-refractivity contribution in [1.82, 2.24) is 4.57 Å². The molecule has 0 radical (unpaired) electrons. The number of nitrogens with two attached hydrogens (primary N) is 1. The lowest BCUT2D eigenvalue weighted by atomic mass is 9.97. The van der Waals surface area contributed by atoms with E-state index in [2.05, 4.69) is 40.1 Å². The van der Waals surface area contributed by atoms with Crippen LogP contribution in [0, 0.1) is 0 Å². The molecule has 0 saturated carbocycles. The van der Waals surface area contributed by atoms with Gasteiger partial charge >= 0.3 is 11.9 Å². The van der Waals surface area contributed by atoms with Crippen molar-refractivity contribution < 1.29 is 29.7 Å². The molecule has 0 bridgehead atoms. The van der Waals surface area contributed by atoms with Crippen LogP contribution in [0.5, 0.6) is 0 Å². The van der Waals surface area contributed by atoms with Gasteiger partial charge in [0.15, 0.2) is 0 Å². The van der Waals surface area contributed by atoms with Crippen molar-refractivity contribution in [3.05, 3.63) is 59.4 Å². The minimum atomic E-state index is -1.82. The Hall–Kier alpha value is -3.17. The Bertz CT molecular complexity index is 878. The normalized spacial score (nSPS) is 13.0. The molecule has 0 amide bonds. The summed E-state index contributed by atoms with van der Waals surface area (Å²) in [6.45, 7) is 4.41. The van der Waals surface area contributed by atoms with E-state index in [0.29, 0.717) is 6.61 Å². The highest BCUT2D eigenvalue weighted by Crippen LogP contribution is 2.15. The lowest BCUT2D eigenvalue weighted by Crippen LogP contribution is -2.40. The van der Waals surface area contributed by atoms with Crippen LogP contribution in [0.4, 0.5) is 0 Å². The van der Waals surface area contributed by atoms with E-state index < -0.39 is 17.5 Å². The van der Waals surface area contributed by atoms with E-state index in [1.807, 2.05) is 33.0 Å². The van der Waals surface area contributed by atoms with E-state index in [1.54, 1.807) is 0 Å². The van der Waals surface area contributed by atoms with Gasteiger partial charge in [0.25, 0.3) is 0 Å². The predicted octanol–water partition coefficient (Wildman–Crippen LogP) is 2.20. The van der Waals surface area contributed by atoms with Gasteiger partial charge in [0.2, 0.25) is 0 Å². The third kappa shape index (κ3) is 9.76. The quantitative estimate of drug-likeness (QED) is 0.189. The second-order valence-corrected chi connectivity index (χ2v) is 7.79. The molecule has 1 heterocycles. The van der Waals surface area contributed by atoms with Crippen molar-refractivity contribution in [2.45, 2.75) is 45.1 Å². The summed E-state index contributed by atoms with van der Waals surface area (Å²) in [7, 11) is 2.02. The summed E-state index contributed by atoms with van der Waals surface area (Å²) in [6, 6.07) is 14.5. The number of carbonyl (C=O) groups is 2. The molecular weight excluding hydrogens is 414 g/mol. The summed E-state index contributed by atoms with van der Waals surface area (Å²) in [5, 5.41) is 28.3. The summed E-state index contributed by atoms with van der Waals surface area (Å²) in [6.07, 6.45) is 3.48. The van der Waals surface area contributed by atoms with Gasteiger partial charge in [-0.2, -0.15) is 0 Å². The smallest absolute Gasteiger partial charge is 0.414 e. The van der Waals surface area contributed by atoms with Gasteiger partial charge in [-0.05, 0) is 57.2 Å². The summed E-state index contributed by atoms with van der Waals surface area (Å²) in [5.74, 6) is -3.65. The number of nitrogens with zero attached hydrogens (tertiary/aromatic N) is 2. The maximum absolute atomic E-state index is 9.28. The van der Waals surface area contributed by atoms with Crippen LogP contribution in [-0.2, 0) is 34.3 Å². The first-order valence-electron chi connectivity index (χ1n) is 10.3. The summed E-state index contributed by atoms with van der Waals surface area (Å²) in [4.78, 5) is 23.7. The molecule has 0 spiro atoms. The molecular formula is C23H33N3O6. The lowest BCUT2D eigenvalue weighted by molar-refractivity contribution is -0.159. The Morgan fingerprint density at radius 3 is 2.28 bits per heavy atom. The standard InChI is InChI=1S/C21H31N3O2.C2H2O4/c1-17(23-26-15-7-10-18-8-5-4-6-9-18)20-12-11-19(24(20)3)13-14-21(2,22)16-25;3-1(4)2(5)6/h4-6,8-9,11-12,25H,7,10,13-16,22H2,1-3H3;(H,3,4)(H,5,6)/b23-17-;/t21-;/m1./s1. The minimum absolute atomic E-state index is 0.0123. The molecule has 1 atom stereocenters. The number of aromatic nitrogens is 1. The zero-order valence-electron chi connectivity index (χ0n) is 18.8. The Kier molecular flexibility index (Phi) is 11.2. The van der Waals surface area contributed by atoms with Gasteiger partial charge < -0.3 is 30.5 Å². The zero-order chi connectivity index (χ0) is 24.1. The van der Waals surface area contributed by atoms with Crippen LogP contribution < -0.4 is 5.73 Å². The molecule has 5 N–H and O–H groups in total. The number of aliphatic hydroxyl groups excluding tert-OH is 1. The number of hydrogen-bond donors (Lipinski definition) is 4. The van der Waals surface area contributed by atoms with E-state index in [-0.39, 0.29) is 6.61 Å². The second-order valence-electron chi connectivity index (χ2n) is 7.79. The number of rotatable bonds is 10. The summed E-state index contributed by atoms with van der Waals surface area (Å²) >= 11 is 0.